The number of aromatic nitrogens is 1. The highest BCUT2D eigenvalue weighted by atomic mass is 16.6. The van der Waals surface area contributed by atoms with Crippen molar-refractivity contribution in [3.63, 3.8) is 0 Å². The van der Waals surface area contributed by atoms with E-state index in [2.05, 4.69) is 15.6 Å². The highest BCUT2D eigenvalue weighted by Gasteiger charge is 2.19. The average molecular weight is 295 g/mol. The molecule has 114 valence electrons. The second kappa shape index (κ2) is 6.21. The van der Waals surface area contributed by atoms with Gasteiger partial charge in [-0.2, -0.15) is 0 Å². The van der Waals surface area contributed by atoms with Crippen molar-refractivity contribution in [2.24, 2.45) is 0 Å². The summed E-state index contributed by atoms with van der Waals surface area (Å²) in [5.41, 5.74) is 0.0675. The molecule has 8 nitrogen and oxygen atoms in total. The summed E-state index contributed by atoms with van der Waals surface area (Å²) >= 11 is 0. The number of nitrogens with zero attached hydrogens (tertiary/aromatic N) is 1. The molecule has 1 aromatic rings. The molecule has 2 amide bonds. The van der Waals surface area contributed by atoms with Crippen LogP contribution in [0.1, 0.15) is 26.3 Å². The van der Waals surface area contributed by atoms with Crippen LogP contribution in [0.4, 0.5) is 16.3 Å². The fourth-order valence-electron chi connectivity index (χ4n) is 1.34. The van der Waals surface area contributed by atoms with Crippen LogP contribution in [0.25, 0.3) is 0 Å². The van der Waals surface area contributed by atoms with Crippen LogP contribution in [-0.4, -0.2) is 33.7 Å². The summed E-state index contributed by atoms with van der Waals surface area (Å²) in [5, 5.41) is 13.1. The second-order valence-electron chi connectivity index (χ2n) is 5.30. The van der Waals surface area contributed by atoms with Crippen molar-refractivity contribution in [3.05, 3.63) is 17.8 Å². The second-order valence-corrected chi connectivity index (χ2v) is 5.30. The Kier molecular flexibility index (Phi) is 4.85. The molecule has 0 aliphatic heterocycles. The molecule has 0 bridgehead atoms. The Balaban J connectivity index is 2.94. The molecule has 3 N–H and O–H groups in total. The number of hydrogen-bond donors (Lipinski definition) is 3. The lowest BCUT2D eigenvalue weighted by atomic mass is 10.2. The van der Waals surface area contributed by atoms with Crippen molar-refractivity contribution in [3.8, 4) is 0 Å². The largest absolute Gasteiger partial charge is 0.474 e. The molecule has 0 unspecified atom stereocenters. The van der Waals surface area contributed by atoms with Crippen molar-refractivity contribution >= 4 is 29.5 Å². The normalized spacial score (nSPS) is 10.7. The average Bonchev–Trinajstić information content (AvgIpc) is 2.30. The standard InChI is InChI=1S/C13H17N3O5/c1-7-5-8(15-10(17)11(18)19)9(14-6-7)16-12(20)21-13(2,3)4/h5-6H,1-4H3,(H,15,17)(H,18,19)(H,14,16,20). The quantitative estimate of drug-likeness (QED) is 0.715. The lowest BCUT2D eigenvalue weighted by Crippen LogP contribution is -2.28. The summed E-state index contributed by atoms with van der Waals surface area (Å²) in [4.78, 5) is 37.4. The van der Waals surface area contributed by atoms with Gasteiger partial charge in [0, 0.05) is 6.20 Å². The van der Waals surface area contributed by atoms with Crippen molar-refractivity contribution in [2.75, 3.05) is 10.6 Å². The van der Waals surface area contributed by atoms with Crippen LogP contribution in [0.2, 0.25) is 0 Å². The monoisotopic (exact) mass is 295 g/mol. The molecule has 0 fully saturated rings. The topological polar surface area (TPSA) is 118 Å². The Morgan fingerprint density at radius 1 is 1.24 bits per heavy atom. The van der Waals surface area contributed by atoms with E-state index in [9.17, 15) is 14.4 Å². The van der Waals surface area contributed by atoms with Crippen LogP contribution in [0.5, 0.6) is 0 Å². The fraction of sp³-hybridized carbons (Fsp3) is 0.385. The van der Waals surface area contributed by atoms with Crippen LogP contribution in [0, 0.1) is 6.92 Å². The minimum atomic E-state index is -1.64. The van der Waals surface area contributed by atoms with Crippen molar-refractivity contribution in [1.29, 1.82) is 0 Å². The molecule has 0 saturated carbocycles. The Bertz CT molecular complexity index is 578. The van der Waals surface area contributed by atoms with E-state index < -0.39 is 23.6 Å². The van der Waals surface area contributed by atoms with E-state index in [-0.39, 0.29) is 11.5 Å². The molecule has 0 aliphatic rings. The number of hydrogen-bond acceptors (Lipinski definition) is 5. The number of pyridine rings is 1. The lowest BCUT2D eigenvalue weighted by Gasteiger charge is -2.20. The third-order valence-electron chi connectivity index (χ3n) is 2.09. The number of anilines is 2. The molecule has 0 saturated heterocycles. The van der Waals surface area contributed by atoms with Gasteiger partial charge in [-0.1, -0.05) is 0 Å². The maximum absolute atomic E-state index is 11.7. The van der Waals surface area contributed by atoms with Crippen molar-refractivity contribution in [1.82, 2.24) is 4.98 Å². The molecular formula is C13H17N3O5. The number of carboxylic acid groups (broad SMARTS) is 1. The third-order valence-corrected chi connectivity index (χ3v) is 2.09. The van der Waals surface area contributed by atoms with E-state index in [4.69, 9.17) is 9.84 Å². The molecule has 8 heteroatoms. The number of nitrogens with one attached hydrogen (secondary N) is 2. The Labute approximate surface area is 121 Å². The van der Waals surface area contributed by atoms with Gasteiger partial charge in [-0.25, -0.2) is 14.6 Å². The predicted molar refractivity (Wildman–Crippen MR) is 75.1 cm³/mol. The lowest BCUT2D eigenvalue weighted by molar-refractivity contribution is -0.147. The summed E-state index contributed by atoms with van der Waals surface area (Å²) in [7, 11) is 0. The first-order valence-corrected chi connectivity index (χ1v) is 6.09. The number of carbonyl (C=O) groups is 3. The first-order chi connectivity index (χ1) is 9.58. The van der Waals surface area contributed by atoms with Crippen LogP contribution < -0.4 is 10.6 Å². The summed E-state index contributed by atoms with van der Waals surface area (Å²) < 4.78 is 5.06. The van der Waals surface area contributed by atoms with Crippen LogP contribution >= 0.6 is 0 Å². The van der Waals surface area contributed by atoms with E-state index in [1.54, 1.807) is 27.7 Å². The zero-order valence-electron chi connectivity index (χ0n) is 12.2. The minimum absolute atomic E-state index is 0.00412. The van der Waals surface area contributed by atoms with Crippen LogP contribution in [0.15, 0.2) is 12.3 Å². The SMILES string of the molecule is Cc1cnc(NC(=O)OC(C)(C)C)c(NC(=O)C(=O)O)c1. The zero-order valence-corrected chi connectivity index (χ0v) is 12.2. The van der Waals surface area contributed by atoms with E-state index in [1.807, 2.05) is 0 Å². The molecule has 21 heavy (non-hydrogen) atoms. The van der Waals surface area contributed by atoms with Gasteiger partial charge in [-0.05, 0) is 39.3 Å². The number of rotatable bonds is 2. The van der Waals surface area contributed by atoms with Gasteiger partial charge in [0.2, 0.25) is 0 Å². The highest BCUT2D eigenvalue weighted by Crippen LogP contribution is 2.21. The molecule has 1 heterocycles. The van der Waals surface area contributed by atoms with Gasteiger partial charge in [0.1, 0.15) is 5.60 Å². The van der Waals surface area contributed by atoms with Crippen molar-refractivity contribution in [2.45, 2.75) is 33.3 Å². The molecule has 0 atom stereocenters. The van der Waals surface area contributed by atoms with E-state index in [1.165, 1.54) is 12.3 Å². The summed E-state index contributed by atoms with van der Waals surface area (Å²) in [6.45, 7) is 6.80. The number of carboxylic acids is 1. The van der Waals surface area contributed by atoms with Gasteiger partial charge < -0.3 is 15.2 Å². The fourth-order valence-corrected chi connectivity index (χ4v) is 1.34. The predicted octanol–water partition coefficient (Wildman–Crippen LogP) is 1.76. The van der Waals surface area contributed by atoms with Gasteiger partial charge in [-0.3, -0.25) is 10.1 Å². The van der Waals surface area contributed by atoms with Gasteiger partial charge in [-0.15, -0.1) is 0 Å². The Morgan fingerprint density at radius 3 is 2.38 bits per heavy atom. The first kappa shape index (κ1) is 16.4. The minimum Gasteiger partial charge on any atom is -0.474 e. The highest BCUT2D eigenvalue weighted by molar-refractivity contribution is 6.36. The zero-order chi connectivity index (χ0) is 16.2. The van der Waals surface area contributed by atoms with Crippen molar-refractivity contribution < 1.29 is 24.2 Å². The Morgan fingerprint density at radius 2 is 1.86 bits per heavy atom. The number of amides is 2. The molecule has 1 rings (SSSR count). The molecule has 1 aromatic heterocycles. The van der Waals surface area contributed by atoms with Crippen LogP contribution in [0.3, 0.4) is 0 Å². The maximum atomic E-state index is 11.7. The summed E-state index contributed by atoms with van der Waals surface area (Å²) in [6.07, 6.45) is 0.702. The van der Waals surface area contributed by atoms with Gasteiger partial charge in [0.15, 0.2) is 5.82 Å². The van der Waals surface area contributed by atoms with Gasteiger partial charge in [0.25, 0.3) is 0 Å². The van der Waals surface area contributed by atoms with E-state index in [0.717, 1.165) is 0 Å². The molecular weight excluding hydrogens is 278 g/mol. The molecule has 0 spiro atoms. The summed E-state index contributed by atoms with van der Waals surface area (Å²) in [5.74, 6) is -2.86. The number of ether oxygens (including phenoxy) is 1. The molecule has 0 aliphatic carbocycles. The number of aliphatic carboxylic acids is 1. The third kappa shape index (κ3) is 5.47. The molecule has 0 radical (unpaired) electrons. The Hall–Kier alpha value is -2.64. The summed E-state index contributed by atoms with van der Waals surface area (Å²) in [6, 6.07) is 1.49. The smallest absolute Gasteiger partial charge is 0.413 e. The maximum Gasteiger partial charge on any atom is 0.413 e. The molecule has 0 aromatic carbocycles. The van der Waals surface area contributed by atoms with Crippen LogP contribution in [-0.2, 0) is 14.3 Å². The number of aryl methyl sites for hydroxylation is 1. The van der Waals surface area contributed by atoms with E-state index >= 15 is 0 Å². The van der Waals surface area contributed by atoms with Gasteiger partial charge in [0.05, 0.1) is 5.69 Å². The van der Waals surface area contributed by atoms with Gasteiger partial charge >= 0.3 is 18.0 Å². The first-order valence-electron chi connectivity index (χ1n) is 6.09. The number of carbonyl (C=O) groups excluding carboxylic acids is 2. The van der Waals surface area contributed by atoms with E-state index in [0.29, 0.717) is 5.56 Å².